The molecular formula is C28H39NO6. The summed E-state index contributed by atoms with van der Waals surface area (Å²) >= 11 is 0. The number of carbonyl (C=O) groups excluding carboxylic acids is 3. The van der Waals surface area contributed by atoms with Gasteiger partial charge < -0.3 is 9.84 Å². The first kappa shape index (κ1) is 24.8. The van der Waals surface area contributed by atoms with Crippen LogP contribution in [0.15, 0.2) is 23.8 Å². The van der Waals surface area contributed by atoms with Crippen LogP contribution < -0.4 is 0 Å². The smallest absolute Gasteiger partial charge is 0.303 e. The summed E-state index contributed by atoms with van der Waals surface area (Å²) < 4.78 is 5.19. The number of ether oxygens (including phenoxy) is 1. The molecule has 8 atom stereocenters. The summed E-state index contributed by atoms with van der Waals surface area (Å²) in [6.45, 7) is 8.88. The molecule has 35 heavy (non-hydrogen) atoms. The van der Waals surface area contributed by atoms with Crippen molar-refractivity contribution in [3.63, 3.8) is 0 Å². The van der Waals surface area contributed by atoms with Gasteiger partial charge in [-0.2, -0.15) is 5.06 Å². The van der Waals surface area contributed by atoms with E-state index in [2.05, 4.69) is 20.8 Å². The topological polar surface area (TPSA) is 93.1 Å². The molecule has 0 amide bonds. The van der Waals surface area contributed by atoms with Gasteiger partial charge in [-0.3, -0.25) is 19.2 Å². The first-order chi connectivity index (χ1) is 16.6. The lowest BCUT2D eigenvalue weighted by Crippen LogP contribution is -2.63. The largest absolute Gasteiger partial charge is 0.458 e. The molecule has 3 saturated carbocycles. The molecule has 4 aliphatic carbocycles. The highest BCUT2D eigenvalue weighted by Gasteiger charge is 2.75. The van der Waals surface area contributed by atoms with Crippen molar-refractivity contribution in [1.29, 1.82) is 0 Å². The number of aliphatic hydroxyl groups is 1. The Morgan fingerprint density at radius 2 is 2.09 bits per heavy atom. The standard InChI is InChI=1S/C28H39NO6/c1-5-6-11-29-15-19-13-22-21-8-7-18-12-20(31)9-10-26(18,3)25(21)23(32)14-27(22,4)28(19,35-29)24(33)16-34-17(2)30/h9-10,12,19,21-23,25,32H,5-8,11,13-16H2,1-4H3/t19-,21?,22?,23-,25?,26-,27-,28-/m0/s1. The Kier molecular flexibility index (Phi) is 6.13. The number of nitrogens with zero attached hydrogens (tertiary/aromatic N) is 1. The van der Waals surface area contributed by atoms with E-state index in [1.165, 1.54) is 6.92 Å². The van der Waals surface area contributed by atoms with Crippen LogP contribution in [0, 0.1) is 34.5 Å². The number of rotatable bonds is 6. The van der Waals surface area contributed by atoms with Crippen LogP contribution >= 0.6 is 0 Å². The highest BCUT2D eigenvalue weighted by atomic mass is 16.7. The molecule has 1 aliphatic heterocycles. The van der Waals surface area contributed by atoms with Crippen molar-refractivity contribution in [1.82, 2.24) is 5.06 Å². The molecule has 7 heteroatoms. The fourth-order valence-corrected chi connectivity index (χ4v) is 8.68. The highest BCUT2D eigenvalue weighted by Crippen LogP contribution is 2.70. The number of hydrogen-bond acceptors (Lipinski definition) is 7. The van der Waals surface area contributed by atoms with Crippen molar-refractivity contribution in [2.75, 3.05) is 19.7 Å². The van der Waals surface area contributed by atoms with Crippen molar-refractivity contribution in [2.45, 2.75) is 77.9 Å². The number of aliphatic hydroxyl groups excluding tert-OH is 1. The molecule has 7 nitrogen and oxygen atoms in total. The van der Waals surface area contributed by atoms with Crippen LogP contribution in [0.1, 0.15) is 66.2 Å². The third-order valence-electron chi connectivity index (χ3n) is 10.1. The van der Waals surface area contributed by atoms with Crippen LogP contribution in [0.5, 0.6) is 0 Å². The van der Waals surface area contributed by atoms with Gasteiger partial charge >= 0.3 is 5.97 Å². The molecule has 0 aromatic carbocycles. The van der Waals surface area contributed by atoms with E-state index >= 15 is 0 Å². The molecule has 5 aliphatic rings. The molecule has 1 N–H and O–H groups in total. The number of carbonyl (C=O) groups is 3. The van der Waals surface area contributed by atoms with E-state index in [0.717, 1.165) is 44.2 Å². The fourth-order valence-electron chi connectivity index (χ4n) is 8.68. The average Bonchev–Trinajstić information content (AvgIpc) is 3.28. The second kappa shape index (κ2) is 8.63. The number of fused-ring (bicyclic) bond motifs is 7. The average molecular weight is 486 g/mol. The summed E-state index contributed by atoms with van der Waals surface area (Å²) in [6.07, 6.45) is 9.84. The van der Waals surface area contributed by atoms with E-state index in [-0.39, 0.29) is 47.3 Å². The molecule has 1 heterocycles. The van der Waals surface area contributed by atoms with Gasteiger partial charge in [0.2, 0.25) is 5.78 Å². The van der Waals surface area contributed by atoms with Crippen LogP contribution in [-0.4, -0.2) is 59.1 Å². The number of allylic oxidation sites excluding steroid dienone is 4. The van der Waals surface area contributed by atoms with Gasteiger partial charge in [0.25, 0.3) is 0 Å². The van der Waals surface area contributed by atoms with E-state index in [1.54, 1.807) is 12.2 Å². The number of hydrogen-bond donors (Lipinski definition) is 1. The van der Waals surface area contributed by atoms with Crippen molar-refractivity contribution >= 4 is 17.5 Å². The molecule has 1 saturated heterocycles. The maximum atomic E-state index is 13.9. The first-order valence-electron chi connectivity index (χ1n) is 13.3. The van der Waals surface area contributed by atoms with Gasteiger partial charge in [-0.05, 0) is 56.1 Å². The van der Waals surface area contributed by atoms with Gasteiger partial charge in [0.15, 0.2) is 18.0 Å². The number of hydroxylamine groups is 2. The maximum Gasteiger partial charge on any atom is 0.303 e. The first-order valence-corrected chi connectivity index (χ1v) is 13.3. The summed E-state index contributed by atoms with van der Waals surface area (Å²) in [5.74, 6) is -0.207. The molecule has 192 valence electrons. The van der Waals surface area contributed by atoms with E-state index in [1.807, 2.05) is 11.1 Å². The fraction of sp³-hybridized carbons (Fsp3) is 0.750. The summed E-state index contributed by atoms with van der Waals surface area (Å²) in [5.41, 5.74) is -0.891. The van der Waals surface area contributed by atoms with E-state index in [0.29, 0.717) is 13.0 Å². The van der Waals surface area contributed by atoms with Crippen molar-refractivity contribution in [3.8, 4) is 0 Å². The van der Waals surface area contributed by atoms with Gasteiger partial charge in [-0.25, -0.2) is 0 Å². The number of ketones is 2. The van der Waals surface area contributed by atoms with Crippen LogP contribution in [0.2, 0.25) is 0 Å². The van der Waals surface area contributed by atoms with Crippen molar-refractivity contribution < 1.29 is 29.1 Å². The Hall–Kier alpha value is -1.83. The lowest BCUT2D eigenvalue weighted by Gasteiger charge is -2.59. The second-order valence-corrected chi connectivity index (χ2v) is 11.9. The Labute approximate surface area is 207 Å². The Bertz CT molecular complexity index is 988. The molecule has 0 radical (unpaired) electrons. The SMILES string of the molecule is CCCCN1C[C@@H]2CC3C4CCC5=CC(=O)C=C[C@]5(C)C4[C@@H](O)C[C@]3(C)[C@]2(C(=O)COC(C)=O)O1. The van der Waals surface area contributed by atoms with Crippen LogP contribution in [-0.2, 0) is 24.0 Å². The normalized spacial score (nSPS) is 44.2. The van der Waals surface area contributed by atoms with Gasteiger partial charge in [0.05, 0.1) is 6.10 Å². The minimum atomic E-state index is -1.10. The summed E-state index contributed by atoms with van der Waals surface area (Å²) in [6, 6.07) is 0. The van der Waals surface area contributed by atoms with Crippen molar-refractivity contribution in [2.24, 2.45) is 34.5 Å². The minimum absolute atomic E-state index is 0.000526. The zero-order valence-electron chi connectivity index (χ0n) is 21.4. The highest BCUT2D eigenvalue weighted by molar-refractivity contribution is 6.01. The Morgan fingerprint density at radius 1 is 1.31 bits per heavy atom. The Morgan fingerprint density at radius 3 is 2.80 bits per heavy atom. The predicted octanol–water partition coefficient (Wildman–Crippen LogP) is 3.41. The van der Waals surface area contributed by atoms with E-state index < -0.39 is 23.1 Å². The zero-order valence-corrected chi connectivity index (χ0v) is 21.4. The molecular weight excluding hydrogens is 446 g/mol. The lowest BCUT2D eigenvalue weighted by atomic mass is 9.46. The summed E-state index contributed by atoms with van der Waals surface area (Å²) in [7, 11) is 0. The van der Waals surface area contributed by atoms with Gasteiger partial charge in [0.1, 0.15) is 0 Å². The monoisotopic (exact) mass is 485 g/mol. The third kappa shape index (κ3) is 3.52. The number of unbranched alkanes of at least 4 members (excludes halogenated alkanes) is 1. The van der Waals surface area contributed by atoms with Gasteiger partial charge in [0, 0.05) is 42.7 Å². The molecule has 0 bridgehead atoms. The molecule has 0 aromatic rings. The zero-order chi connectivity index (χ0) is 25.2. The van der Waals surface area contributed by atoms with Crippen molar-refractivity contribution in [3.05, 3.63) is 23.8 Å². The third-order valence-corrected chi connectivity index (χ3v) is 10.1. The predicted molar refractivity (Wildman–Crippen MR) is 129 cm³/mol. The molecule has 0 aromatic heterocycles. The summed E-state index contributed by atoms with van der Waals surface area (Å²) in [5, 5.41) is 13.7. The van der Waals surface area contributed by atoms with Gasteiger partial charge in [-0.15, -0.1) is 0 Å². The maximum absolute atomic E-state index is 13.9. The number of esters is 1. The molecule has 4 fully saturated rings. The minimum Gasteiger partial charge on any atom is -0.458 e. The van der Waals surface area contributed by atoms with Gasteiger partial charge in [-0.1, -0.05) is 38.8 Å². The Balaban J connectivity index is 1.52. The second-order valence-electron chi connectivity index (χ2n) is 11.9. The van der Waals surface area contributed by atoms with E-state index in [4.69, 9.17) is 9.57 Å². The van der Waals surface area contributed by atoms with Crippen LogP contribution in [0.25, 0.3) is 0 Å². The molecule has 0 spiro atoms. The lowest BCUT2D eigenvalue weighted by molar-refractivity contribution is -0.251. The van der Waals surface area contributed by atoms with Crippen LogP contribution in [0.3, 0.4) is 0 Å². The summed E-state index contributed by atoms with van der Waals surface area (Å²) in [4.78, 5) is 44.1. The van der Waals surface area contributed by atoms with Crippen LogP contribution in [0.4, 0.5) is 0 Å². The van der Waals surface area contributed by atoms with E-state index in [9.17, 15) is 19.5 Å². The molecule has 3 unspecified atom stereocenters. The quantitative estimate of drug-likeness (QED) is 0.576. The molecule has 5 rings (SSSR count). The number of Topliss-reactive ketones (excluding diaryl/α,β-unsaturated/α-hetero) is 1.